The molecule has 0 spiro atoms. The molecule has 0 bridgehead atoms. The number of nitrogens with one attached hydrogen (secondary N) is 3. The van der Waals surface area contributed by atoms with Crippen molar-refractivity contribution in [1.29, 1.82) is 0 Å². The Morgan fingerprint density at radius 1 is 1.22 bits per heavy atom. The molecule has 4 amide bonds. The van der Waals surface area contributed by atoms with E-state index in [-0.39, 0.29) is 12.1 Å². The number of aromatic nitrogens is 1. The Bertz CT molecular complexity index is 658. The summed E-state index contributed by atoms with van der Waals surface area (Å²) in [5.41, 5.74) is 7.50. The predicted octanol–water partition coefficient (Wildman–Crippen LogP) is 2.13. The summed E-state index contributed by atoms with van der Waals surface area (Å²) in [6.07, 6.45) is 3.39. The minimum Gasteiger partial charge on any atom is -0.351 e. The van der Waals surface area contributed by atoms with E-state index in [1.807, 2.05) is 31.2 Å². The van der Waals surface area contributed by atoms with Gasteiger partial charge in [0.2, 0.25) is 0 Å². The van der Waals surface area contributed by atoms with Gasteiger partial charge in [-0.15, -0.1) is 0 Å². The molecule has 7 heteroatoms. The topological polar surface area (TPSA) is 109 Å². The zero-order valence-electron chi connectivity index (χ0n) is 12.7. The third-order valence-electron chi connectivity index (χ3n) is 3.20. The molecule has 2 rings (SSSR count). The lowest BCUT2D eigenvalue weighted by Crippen LogP contribution is -2.36. The fourth-order valence-electron chi connectivity index (χ4n) is 2.01. The molecule has 0 aliphatic rings. The summed E-state index contributed by atoms with van der Waals surface area (Å²) in [5.74, 6) is 0. The summed E-state index contributed by atoms with van der Waals surface area (Å²) in [6, 6.07) is 9.75. The van der Waals surface area contributed by atoms with Gasteiger partial charge in [-0.25, -0.2) is 9.59 Å². The molecule has 1 atom stereocenters. The van der Waals surface area contributed by atoms with Crippen LogP contribution < -0.4 is 21.7 Å². The fourth-order valence-corrected chi connectivity index (χ4v) is 2.01. The van der Waals surface area contributed by atoms with E-state index < -0.39 is 6.03 Å². The summed E-state index contributed by atoms with van der Waals surface area (Å²) in [5, 5.41) is 8.10. The molecule has 23 heavy (non-hydrogen) atoms. The number of anilines is 1. The largest absolute Gasteiger partial charge is 0.351 e. The Labute approximate surface area is 134 Å². The van der Waals surface area contributed by atoms with E-state index in [0.717, 1.165) is 11.1 Å². The Kier molecular flexibility index (Phi) is 5.51. The molecule has 0 aliphatic heterocycles. The first-order valence-corrected chi connectivity index (χ1v) is 7.14. The summed E-state index contributed by atoms with van der Waals surface area (Å²) in [4.78, 5) is 26.6. The summed E-state index contributed by atoms with van der Waals surface area (Å²) >= 11 is 0. The molecular formula is C16H19N5O2. The fraction of sp³-hybridized carbons (Fsp3) is 0.188. The molecule has 0 radical (unpaired) electrons. The number of pyridine rings is 1. The first-order chi connectivity index (χ1) is 11.0. The van der Waals surface area contributed by atoms with Crippen molar-refractivity contribution in [2.45, 2.75) is 19.5 Å². The van der Waals surface area contributed by atoms with Crippen molar-refractivity contribution in [2.75, 3.05) is 5.32 Å². The van der Waals surface area contributed by atoms with Crippen molar-refractivity contribution in [1.82, 2.24) is 15.6 Å². The van der Waals surface area contributed by atoms with Gasteiger partial charge in [-0.1, -0.05) is 18.2 Å². The van der Waals surface area contributed by atoms with Crippen LogP contribution in [0.2, 0.25) is 0 Å². The van der Waals surface area contributed by atoms with Crippen molar-refractivity contribution in [3.05, 3.63) is 59.9 Å². The maximum Gasteiger partial charge on any atom is 0.316 e. The van der Waals surface area contributed by atoms with Gasteiger partial charge < -0.3 is 21.7 Å². The molecule has 0 unspecified atom stereocenters. The number of urea groups is 2. The summed E-state index contributed by atoms with van der Waals surface area (Å²) in [7, 11) is 0. The molecule has 1 aromatic carbocycles. The highest BCUT2D eigenvalue weighted by molar-refractivity contribution is 5.87. The van der Waals surface area contributed by atoms with Crippen molar-refractivity contribution < 1.29 is 9.59 Å². The van der Waals surface area contributed by atoms with E-state index >= 15 is 0 Å². The number of hydrogen-bond donors (Lipinski definition) is 4. The van der Waals surface area contributed by atoms with Crippen LogP contribution >= 0.6 is 0 Å². The van der Waals surface area contributed by atoms with Crippen molar-refractivity contribution in [3.8, 4) is 0 Å². The lowest BCUT2D eigenvalue weighted by atomic mass is 10.1. The molecule has 0 aliphatic carbocycles. The summed E-state index contributed by atoms with van der Waals surface area (Å²) in [6.45, 7) is 2.29. The van der Waals surface area contributed by atoms with Crippen molar-refractivity contribution >= 4 is 17.7 Å². The SMILES string of the molecule is C[C@H](NC(=O)NCc1cccnc1)c1ccc(NC(N)=O)cc1. The number of benzene rings is 1. The minimum absolute atomic E-state index is 0.175. The van der Waals surface area contributed by atoms with Gasteiger partial charge in [0.1, 0.15) is 0 Å². The van der Waals surface area contributed by atoms with Gasteiger partial charge in [-0.3, -0.25) is 4.98 Å². The second kappa shape index (κ2) is 7.79. The van der Waals surface area contributed by atoms with Crippen LogP contribution in [0, 0.1) is 0 Å². The van der Waals surface area contributed by atoms with Gasteiger partial charge in [-0.2, -0.15) is 0 Å². The number of hydrogen-bond acceptors (Lipinski definition) is 3. The smallest absolute Gasteiger partial charge is 0.316 e. The third-order valence-corrected chi connectivity index (χ3v) is 3.20. The zero-order chi connectivity index (χ0) is 16.7. The first-order valence-electron chi connectivity index (χ1n) is 7.14. The quantitative estimate of drug-likeness (QED) is 0.679. The van der Waals surface area contributed by atoms with Crippen LogP contribution in [-0.4, -0.2) is 17.0 Å². The Morgan fingerprint density at radius 3 is 2.57 bits per heavy atom. The lowest BCUT2D eigenvalue weighted by Gasteiger charge is -2.15. The maximum absolute atomic E-state index is 11.9. The molecule has 120 valence electrons. The monoisotopic (exact) mass is 313 g/mol. The average Bonchev–Trinajstić information content (AvgIpc) is 2.54. The van der Waals surface area contributed by atoms with E-state index in [2.05, 4.69) is 20.9 Å². The van der Waals surface area contributed by atoms with Crippen molar-refractivity contribution in [3.63, 3.8) is 0 Å². The number of rotatable bonds is 5. The number of primary amides is 1. The van der Waals surface area contributed by atoms with E-state index in [1.54, 1.807) is 24.5 Å². The van der Waals surface area contributed by atoms with Gasteiger partial charge in [0.05, 0.1) is 6.04 Å². The molecular weight excluding hydrogens is 294 g/mol. The van der Waals surface area contributed by atoms with E-state index in [4.69, 9.17) is 5.73 Å². The highest BCUT2D eigenvalue weighted by Crippen LogP contribution is 2.15. The number of nitrogens with two attached hydrogens (primary N) is 1. The molecule has 2 aromatic rings. The lowest BCUT2D eigenvalue weighted by molar-refractivity contribution is 0.237. The molecule has 7 nitrogen and oxygen atoms in total. The Morgan fingerprint density at radius 2 is 1.96 bits per heavy atom. The van der Waals surface area contributed by atoms with Gasteiger partial charge in [0, 0.05) is 24.6 Å². The summed E-state index contributed by atoms with van der Waals surface area (Å²) < 4.78 is 0. The van der Waals surface area contributed by atoms with E-state index in [0.29, 0.717) is 12.2 Å². The van der Waals surface area contributed by atoms with Gasteiger partial charge in [0.15, 0.2) is 0 Å². The first kappa shape index (κ1) is 16.3. The molecule has 1 heterocycles. The highest BCUT2D eigenvalue weighted by atomic mass is 16.2. The molecule has 0 saturated heterocycles. The Balaban J connectivity index is 1.84. The molecule has 0 saturated carbocycles. The normalized spacial score (nSPS) is 11.3. The van der Waals surface area contributed by atoms with Gasteiger partial charge in [-0.05, 0) is 36.2 Å². The standard InChI is InChI=1S/C16H19N5O2/c1-11(13-4-6-14(7-5-13)21-15(17)22)20-16(23)19-10-12-3-2-8-18-9-12/h2-9,11H,10H2,1H3,(H3,17,21,22)(H2,19,20,23)/t11-/m0/s1. The van der Waals surface area contributed by atoms with Crippen LogP contribution in [0.4, 0.5) is 15.3 Å². The predicted molar refractivity (Wildman–Crippen MR) is 87.7 cm³/mol. The molecule has 1 aromatic heterocycles. The highest BCUT2D eigenvalue weighted by Gasteiger charge is 2.09. The van der Waals surface area contributed by atoms with Crippen LogP contribution in [-0.2, 0) is 6.54 Å². The van der Waals surface area contributed by atoms with Gasteiger partial charge >= 0.3 is 12.1 Å². The van der Waals surface area contributed by atoms with E-state index in [9.17, 15) is 9.59 Å². The number of nitrogens with zero attached hydrogens (tertiary/aromatic N) is 1. The van der Waals surface area contributed by atoms with Crippen LogP contribution in [0.15, 0.2) is 48.8 Å². The third kappa shape index (κ3) is 5.31. The minimum atomic E-state index is -0.612. The average molecular weight is 313 g/mol. The second-order valence-corrected chi connectivity index (χ2v) is 5.02. The second-order valence-electron chi connectivity index (χ2n) is 5.02. The van der Waals surface area contributed by atoms with Crippen LogP contribution in [0.25, 0.3) is 0 Å². The van der Waals surface area contributed by atoms with Crippen molar-refractivity contribution in [2.24, 2.45) is 5.73 Å². The van der Waals surface area contributed by atoms with Crippen LogP contribution in [0.5, 0.6) is 0 Å². The van der Waals surface area contributed by atoms with Crippen LogP contribution in [0.1, 0.15) is 24.1 Å². The Hall–Kier alpha value is -3.09. The zero-order valence-corrected chi connectivity index (χ0v) is 12.7. The maximum atomic E-state index is 11.9. The molecule has 0 fully saturated rings. The van der Waals surface area contributed by atoms with Crippen LogP contribution in [0.3, 0.4) is 0 Å². The number of amides is 4. The van der Waals surface area contributed by atoms with E-state index in [1.165, 1.54) is 0 Å². The van der Waals surface area contributed by atoms with Gasteiger partial charge in [0.25, 0.3) is 0 Å². The number of carbonyl (C=O) groups is 2. The number of carbonyl (C=O) groups excluding carboxylic acids is 2. The molecule has 5 N–H and O–H groups in total.